The first kappa shape index (κ1) is 14.2. The molecule has 5 nitrogen and oxygen atoms in total. The number of nitrogens with zero attached hydrogens (tertiary/aromatic N) is 1. The fourth-order valence-corrected chi connectivity index (χ4v) is 2.91. The van der Waals surface area contributed by atoms with Gasteiger partial charge in [-0.05, 0) is 37.4 Å². The van der Waals surface area contributed by atoms with E-state index in [1.165, 1.54) is 4.90 Å². The SMILES string of the molecule is O=C1CC(NCCC2CCOC2)C(=O)N1c1ccccc1. The van der Waals surface area contributed by atoms with Crippen molar-refractivity contribution in [2.24, 2.45) is 5.92 Å². The smallest absolute Gasteiger partial charge is 0.251 e. The Morgan fingerprint density at radius 2 is 2.05 bits per heavy atom. The summed E-state index contributed by atoms with van der Waals surface area (Å²) in [7, 11) is 0. The van der Waals surface area contributed by atoms with Crippen LogP contribution in [0, 0.1) is 5.92 Å². The van der Waals surface area contributed by atoms with E-state index >= 15 is 0 Å². The van der Waals surface area contributed by atoms with E-state index in [0.29, 0.717) is 11.6 Å². The Kier molecular flexibility index (Phi) is 4.31. The third kappa shape index (κ3) is 3.14. The van der Waals surface area contributed by atoms with Gasteiger partial charge in [-0.2, -0.15) is 0 Å². The summed E-state index contributed by atoms with van der Waals surface area (Å²) in [5.41, 5.74) is 0.654. The second-order valence-corrected chi connectivity index (χ2v) is 5.63. The molecule has 3 rings (SSSR count). The Hall–Kier alpha value is -1.72. The number of carbonyl (C=O) groups is 2. The van der Waals surface area contributed by atoms with Gasteiger partial charge < -0.3 is 10.1 Å². The van der Waals surface area contributed by atoms with Crippen LogP contribution in [-0.2, 0) is 14.3 Å². The number of hydrogen-bond acceptors (Lipinski definition) is 4. The second kappa shape index (κ2) is 6.37. The van der Waals surface area contributed by atoms with Crippen LogP contribution >= 0.6 is 0 Å². The lowest BCUT2D eigenvalue weighted by atomic mass is 10.1. The molecule has 21 heavy (non-hydrogen) atoms. The number of anilines is 1. The summed E-state index contributed by atoms with van der Waals surface area (Å²) >= 11 is 0. The number of nitrogens with one attached hydrogen (secondary N) is 1. The average molecular weight is 288 g/mol. The van der Waals surface area contributed by atoms with Gasteiger partial charge >= 0.3 is 0 Å². The van der Waals surface area contributed by atoms with Crippen LogP contribution in [0.25, 0.3) is 0 Å². The molecule has 1 aromatic rings. The van der Waals surface area contributed by atoms with Crippen LogP contribution in [0.5, 0.6) is 0 Å². The molecule has 2 fully saturated rings. The molecule has 0 aliphatic carbocycles. The summed E-state index contributed by atoms with van der Waals surface area (Å²) in [6.07, 6.45) is 2.33. The minimum Gasteiger partial charge on any atom is -0.381 e. The molecule has 2 aliphatic heterocycles. The number of benzene rings is 1. The Morgan fingerprint density at radius 1 is 1.24 bits per heavy atom. The lowest BCUT2D eigenvalue weighted by Crippen LogP contribution is -2.39. The summed E-state index contributed by atoms with van der Waals surface area (Å²) in [5.74, 6) is 0.303. The highest BCUT2D eigenvalue weighted by Gasteiger charge is 2.39. The number of para-hydroxylation sites is 1. The fourth-order valence-electron chi connectivity index (χ4n) is 2.91. The van der Waals surface area contributed by atoms with E-state index in [9.17, 15) is 9.59 Å². The molecule has 0 bridgehead atoms. The van der Waals surface area contributed by atoms with Crippen molar-refractivity contribution in [3.63, 3.8) is 0 Å². The summed E-state index contributed by atoms with van der Waals surface area (Å²) in [4.78, 5) is 25.7. The van der Waals surface area contributed by atoms with E-state index in [-0.39, 0.29) is 24.3 Å². The molecule has 2 aliphatic rings. The summed E-state index contributed by atoms with van der Waals surface area (Å²) in [5, 5.41) is 3.22. The molecule has 5 heteroatoms. The van der Waals surface area contributed by atoms with Crippen LogP contribution < -0.4 is 10.2 Å². The highest BCUT2D eigenvalue weighted by atomic mass is 16.5. The van der Waals surface area contributed by atoms with Crippen molar-refractivity contribution in [3.8, 4) is 0 Å². The molecular formula is C16H20N2O3. The van der Waals surface area contributed by atoms with E-state index in [2.05, 4.69) is 5.32 Å². The van der Waals surface area contributed by atoms with Crippen LogP contribution in [0.2, 0.25) is 0 Å². The molecule has 2 heterocycles. The number of ether oxygens (including phenoxy) is 1. The Bertz CT molecular complexity index is 512. The molecule has 2 atom stereocenters. The van der Waals surface area contributed by atoms with E-state index < -0.39 is 0 Å². The van der Waals surface area contributed by atoms with Gasteiger partial charge in [0.15, 0.2) is 0 Å². The molecule has 1 N–H and O–H groups in total. The topological polar surface area (TPSA) is 58.6 Å². The van der Waals surface area contributed by atoms with Crippen LogP contribution in [-0.4, -0.2) is 37.6 Å². The monoisotopic (exact) mass is 288 g/mol. The van der Waals surface area contributed by atoms with Crippen LogP contribution in [0.3, 0.4) is 0 Å². The first-order valence-electron chi connectivity index (χ1n) is 7.48. The minimum absolute atomic E-state index is 0.132. The van der Waals surface area contributed by atoms with E-state index in [1.807, 2.05) is 18.2 Å². The molecule has 112 valence electrons. The highest BCUT2D eigenvalue weighted by Crippen LogP contribution is 2.22. The van der Waals surface area contributed by atoms with Gasteiger partial charge in [0.1, 0.15) is 0 Å². The Morgan fingerprint density at radius 3 is 2.76 bits per heavy atom. The molecule has 0 spiro atoms. The van der Waals surface area contributed by atoms with E-state index in [4.69, 9.17) is 4.74 Å². The van der Waals surface area contributed by atoms with Crippen molar-refractivity contribution in [2.75, 3.05) is 24.7 Å². The average Bonchev–Trinajstić information content (AvgIpc) is 3.09. The molecule has 1 aromatic carbocycles. The third-order valence-corrected chi connectivity index (χ3v) is 4.13. The van der Waals surface area contributed by atoms with Gasteiger partial charge in [0.05, 0.1) is 18.2 Å². The van der Waals surface area contributed by atoms with Gasteiger partial charge in [0.2, 0.25) is 5.91 Å². The van der Waals surface area contributed by atoms with Crippen molar-refractivity contribution in [3.05, 3.63) is 30.3 Å². The number of carbonyl (C=O) groups excluding carboxylic acids is 2. The van der Waals surface area contributed by atoms with Crippen LogP contribution in [0.15, 0.2) is 30.3 Å². The molecule has 0 aromatic heterocycles. The van der Waals surface area contributed by atoms with Crippen LogP contribution in [0.1, 0.15) is 19.3 Å². The Balaban J connectivity index is 1.56. The number of amides is 2. The van der Waals surface area contributed by atoms with Gasteiger partial charge in [-0.15, -0.1) is 0 Å². The maximum Gasteiger partial charge on any atom is 0.251 e. The fraction of sp³-hybridized carbons (Fsp3) is 0.500. The van der Waals surface area contributed by atoms with Crippen LogP contribution in [0.4, 0.5) is 5.69 Å². The maximum absolute atomic E-state index is 12.4. The van der Waals surface area contributed by atoms with Gasteiger partial charge in [0.25, 0.3) is 5.91 Å². The van der Waals surface area contributed by atoms with Crippen molar-refractivity contribution in [2.45, 2.75) is 25.3 Å². The lowest BCUT2D eigenvalue weighted by Gasteiger charge is -2.16. The predicted molar refractivity (Wildman–Crippen MR) is 78.9 cm³/mol. The molecular weight excluding hydrogens is 268 g/mol. The van der Waals surface area contributed by atoms with Crippen molar-refractivity contribution in [1.29, 1.82) is 0 Å². The first-order valence-corrected chi connectivity index (χ1v) is 7.48. The van der Waals surface area contributed by atoms with Gasteiger partial charge in [0, 0.05) is 13.2 Å². The lowest BCUT2D eigenvalue weighted by molar-refractivity contribution is -0.121. The molecule has 0 saturated carbocycles. The Labute approximate surface area is 124 Å². The number of imide groups is 1. The number of hydrogen-bond donors (Lipinski definition) is 1. The number of rotatable bonds is 5. The molecule has 0 radical (unpaired) electrons. The summed E-state index contributed by atoms with van der Waals surface area (Å²) in [6, 6.07) is 8.71. The normalized spacial score (nSPS) is 25.8. The minimum atomic E-state index is -0.389. The zero-order chi connectivity index (χ0) is 14.7. The van der Waals surface area contributed by atoms with Gasteiger partial charge in [-0.1, -0.05) is 18.2 Å². The van der Waals surface area contributed by atoms with Crippen molar-refractivity contribution >= 4 is 17.5 Å². The molecule has 2 amide bonds. The summed E-state index contributed by atoms with van der Waals surface area (Å²) < 4.78 is 5.34. The maximum atomic E-state index is 12.4. The third-order valence-electron chi connectivity index (χ3n) is 4.13. The van der Waals surface area contributed by atoms with Crippen molar-refractivity contribution in [1.82, 2.24) is 5.32 Å². The zero-order valence-corrected chi connectivity index (χ0v) is 12.0. The second-order valence-electron chi connectivity index (χ2n) is 5.63. The first-order chi connectivity index (χ1) is 10.3. The predicted octanol–water partition coefficient (Wildman–Crippen LogP) is 1.33. The highest BCUT2D eigenvalue weighted by molar-refractivity contribution is 6.22. The van der Waals surface area contributed by atoms with E-state index in [1.54, 1.807) is 12.1 Å². The van der Waals surface area contributed by atoms with Gasteiger partial charge in [-0.25, -0.2) is 4.90 Å². The largest absolute Gasteiger partial charge is 0.381 e. The zero-order valence-electron chi connectivity index (χ0n) is 12.0. The van der Waals surface area contributed by atoms with Gasteiger partial charge in [-0.3, -0.25) is 9.59 Å². The van der Waals surface area contributed by atoms with Crippen molar-refractivity contribution < 1.29 is 14.3 Å². The standard InChI is InChI=1S/C16H20N2O3/c19-15-10-14(17-8-6-12-7-9-21-11-12)16(20)18(15)13-4-2-1-3-5-13/h1-5,12,14,17H,6-11H2. The quantitative estimate of drug-likeness (QED) is 0.831. The summed E-state index contributed by atoms with van der Waals surface area (Å²) in [6.45, 7) is 2.41. The molecule has 2 unspecified atom stereocenters. The molecule has 2 saturated heterocycles. The van der Waals surface area contributed by atoms with E-state index in [0.717, 1.165) is 32.6 Å².